The number of anilines is 1. The van der Waals surface area contributed by atoms with E-state index in [0.717, 1.165) is 0 Å². The topological polar surface area (TPSA) is 97.4 Å². The summed E-state index contributed by atoms with van der Waals surface area (Å²) in [6.07, 6.45) is 0. The van der Waals surface area contributed by atoms with Gasteiger partial charge in [-0.25, -0.2) is 0 Å². The molecule has 0 saturated heterocycles. The van der Waals surface area contributed by atoms with E-state index in [1.54, 1.807) is 25.1 Å². The molecule has 6 nitrogen and oxygen atoms in total. The van der Waals surface area contributed by atoms with Crippen molar-refractivity contribution >= 4 is 11.6 Å². The number of ether oxygens (including phenoxy) is 2. The van der Waals surface area contributed by atoms with Gasteiger partial charge in [0.25, 0.3) is 5.91 Å². The Bertz CT molecular complexity index is 972. The van der Waals surface area contributed by atoms with Crippen molar-refractivity contribution in [1.82, 2.24) is 0 Å². The van der Waals surface area contributed by atoms with E-state index in [2.05, 4.69) is 11.4 Å². The normalized spacial score (nSPS) is 16.4. The Morgan fingerprint density at radius 1 is 1.19 bits per heavy atom. The summed E-state index contributed by atoms with van der Waals surface area (Å²) >= 11 is 0. The number of allylic oxidation sites excluding steroid dienone is 2. The molecule has 0 spiro atoms. The summed E-state index contributed by atoms with van der Waals surface area (Å²) in [4.78, 5) is 13.1. The number of nitrogens with zero attached hydrogens (tertiary/aromatic N) is 1. The summed E-state index contributed by atoms with van der Waals surface area (Å²) < 4.78 is 10.9. The van der Waals surface area contributed by atoms with E-state index in [9.17, 15) is 10.1 Å². The number of nitrogens with one attached hydrogen (secondary N) is 1. The molecule has 0 fully saturated rings. The molecule has 0 saturated carbocycles. The maximum absolute atomic E-state index is 13.1. The van der Waals surface area contributed by atoms with Crippen molar-refractivity contribution in [2.24, 2.45) is 5.73 Å². The van der Waals surface area contributed by atoms with Gasteiger partial charge >= 0.3 is 0 Å². The first-order valence-corrected chi connectivity index (χ1v) is 8.34. The maximum Gasteiger partial charge on any atom is 0.255 e. The average Bonchev–Trinajstić information content (AvgIpc) is 2.68. The number of methoxy groups -OCH3 is 1. The van der Waals surface area contributed by atoms with Gasteiger partial charge < -0.3 is 20.5 Å². The lowest BCUT2D eigenvalue weighted by molar-refractivity contribution is -0.113. The molecule has 1 aliphatic heterocycles. The van der Waals surface area contributed by atoms with Crippen LogP contribution in [0.4, 0.5) is 5.69 Å². The molecule has 3 N–H and O–H groups in total. The second-order valence-electron chi connectivity index (χ2n) is 5.96. The molecular weight excluding hydrogens is 342 g/mol. The van der Waals surface area contributed by atoms with Crippen molar-refractivity contribution in [3.63, 3.8) is 0 Å². The summed E-state index contributed by atoms with van der Waals surface area (Å²) in [6.45, 7) is 1.66. The van der Waals surface area contributed by atoms with Crippen LogP contribution >= 0.6 is 0 Å². The van der Waals surface area contributed by atoms with Gasteiger partial charge in [0.1, 0.15) is 23.2 Å². The molecule has 1 aliphatic rings. The largest absolute Gasteiger partial charge is 0.496 e. The SMILES string of the molecule is COc1ccccc1[C@@H]1C(C#N)=C(N)OC(C)=C1C(=O)Nc1ccccc1. The summed E-state index contributed by atoms with van der Waals surface area (Å²) in [5.41, 5.74) is 7.73. The maximum atomic E-state index is 13.1. The van der Waals surface area contributed by atoms with Crippen molar-refractivity contribution in [3.8, 4) is 11.8 Å². The van der Waals surface area contributed by atoms with Crippen molar-refractivity contribution in [2.45, 2.75) is 12.8 Å². The Labute approximate surface area is 157 Å². The third kappa shape index (κ3) is 3.48. The van der Waals surface area contributed by atoms with Crippen molar-refractivity contribution in [2.75, 3.05) is 12.4 Å². The number of benzene rings is 2. The van der Waals surface area contributed by atoms with Gasteiger partial charge in [-0.1, -0.05) is 36.4 Å². The third-order valence-corrected chi connectivity index (χ3v) is 4.33. The number of carbonyl (C=O) groups excluding carboxylic acids is 1. The van der Waals surface area contributed by atoms with Crippen molar-refractivity contribution in [3.05, 3.63) is 82.9 Å². The van der Waals surface area contributed by atoms with Crippen LogP contribution in [0.2, 0.25) is 0 Å². The molecule has 0 aromatic heterocycles. The highest BCUT2D eigenvalue weighted by Crippen LogP contribution is 2.42. The van der Waals surface area contributed by atoms with Crippen LogP contribution in [0, 0.1) is 11.3 Å². The molecule has 1 heterocycles. The molecule has 0 radical (unpaired) electrons. The zero-order chi connectivity index (χ0) is 19.4. The van der Waals surface area contributed by atoms with E-state index in [0.29, 0.717) is 28.3 Å². The van der Waals surface area contributed by atoms with Gasteiger partial charge in [0, 0.05) is 11.3 Å². The van der Waals surface area contributed by atoms with Crippen LogP contribution < -0.4 is 15.8 Å². The van der Waals surface area contributed by atoms with Crippen molar-refractivity contribution in [1.29, 1.82) is 5.26 Å². The highest BCUT2D eigenvalue weighted by atomic mass is 16.5. The number of hydrogen-bond donors (Lipinski definition) is 2. The number of amides is 1. The Balaban J connectivity index is 2.10. The highest BCUT2D eigenvalue weighted by molar-refractivity contribution is 6.06. The molecule has 1 amide bonds. The smallest absolute Gasteiger partial charge is 0.255 e. The van der Waals surface area contributed by atoms with Gasteiger partial charge in [-0.15, -0.1) is 0 Å². The van der Waals surface area contributed by atoms with Gasteiger partial charge in [0.15, 0.2) is 0 Å². The number of nitriles is 1. The average molecular weight is 361 g/mol. The van der Waals surface area contributed by atoms with Crippen LogP contribution in [0.25, 0.3) is 0 Å². The first-order valence-electron chi connectivity index (χ1n) is 8.34. The second-order valence-corrected chi connectivity index (χ2v) is 5.96. The molecule has 136 valence electrons. The Morgan fingerprint density at radius 3 is 2.52 bits per heavy atom. The van der Waals surface area contributed by atoms with Gasteiger partial charge in [0.2, 0.25) is 5.88 Å². The van der Waals surface area contributed by atoms with Gasteiger partial charge in [0.05, 0.1) is 18.6 Å². The van der Waals surface area contributed by atoms with Crippen LogP contribution in [0.15, 0.2) is 77.4 Å². The number of nitrogens with two attached hydrogens (primary N) is 1. The van der Waals surface area contributed by atoms with E-state index in [4.69, 9.17) is 15.2 Å². The van der Waals surface area contributed by atoms with Crippen LogP contribution in [0.3, 0.4) is 0 Å². The minimum Gasteiger partial charge on any atom is -0.496 e. The monoisotopic (exact) mass is 361 g/mol. The van der Waals surface area contributed by atoms with Crippen LogP contribution in [0.5, 0.6) is 5.75 Å². The quantitative estimate of drug-likeness (QED) is 0.870. The Morgan fingerprint density at radius 2 is 1.85 bits per heavy atom. The molecule has 0 unspecified atom stereocenters. The molecule has 0 bridgehead atoms. The number of hydrogen-bond acceptors (Lipinski definition) is 5. The molecule has 3 rings (SSSR count). The predicted molar refractivity (Wildman–Crippen MR) is 101 cm³/mol. The summed E-state index contributed by atoms with van der Waals surface area (Å²) in [5, 5.41) is 12.5. The number of para-hydroxylation sites is 2. The summed E-state index contributed by atoms with van der Waals surface area (Å²) in [6, 6.07) is 18.4. The molecule has 2 aromatic rings. The lowest BCUT2D eigenvalue weighted by atomic mass is 9.82. The standard InChI is InChI=1S/C21H19N3O3/c1-13-18(21(25)24-14-8-4-3-5-9-14)19(16(12-22)20(23)27-13)15-10-6-7-11-17(15)26-2/h3-11,19H,23H2,1-2H3,(H,24,25)/t19-/m1/s1. The van der Waals surface area contributed by atoms with E-state index in [-0.39, 0.29) is 17.4 Å². The first kappa shape index (κ1) is 18.1. The lowest BCUT2D eigenvalue weighted by Crippen LogP contribution is -2.28. The summed E-state index contributed by atoms with van der Waals surface area (Å²) in [7, 11) is 1.54. The molecule has 6 heteroatoms. The molecule has 1 atom stereocenters. The molecule has 0 aliphatic carbocycles. The van der Waals surface area contributed by atoms with Gasteiger partial charge in [-0.05, 0) is 25.1 Å². The fourth-order valence-corrected chi connectivity index (χ4v) is 3.11. The van der Waals surface area contributed by atoms with E-state index in [1.165, 1.54) is 7.11 Å². The van der Waals surface area contributed by atoms with Crippen LogP contribution in [-0.2, 0) is 9.53 Å². The number of rotatable bonds is 4. The van der Waals surface area contributed by atoms with Gasteiger partial charge in [-0.3, -0.25) is 4.79 Å². The van der Waals surface area contributed by atoms with E-state index < -0.39 is 5.92 Å². The molecule has 27 heavy (non-hydrogen) atoms. The highest BCUT2D eigenvalue weighted by Gasteiger charge is 2.36. The van der Waals surface area contributed by atoms with Crippen molar-refractivity contribution < 1.29 is 14.3 Å². The number of carbonyl (C=O) groups is 1. The van der Waals surface area contributed by atoms with E-state index in [1.807, 2.05) is 36.4 Å². The van der Waals surface area contributed by atoms with E-state index >= 15 is 0 Å². The Hall–Kier alpha value is -3.72. The lowest BCUT2D eigenvalue weighted by Gasteiger charge is -2.28. The Kier molecular flexibility index (Phi) is 5.13. The fourth-order valence-electron chi connectivity index (χ4n) is 3.11. The fraction of sp³-hybridized carbons (Fsp3) is 0.143. The molecule has 2 aromatic carbocycles. The molecular formula is C21H19N3O3. The third-order valence-electron chi connectivity index (χ3n) is 4.33. The van der Waals surface area contributed by atoms with Crippen LogP contribution in [0.1, 0.15) is 18.4 Å². The predicted octanol–water partition coefficient (Wildman–Crippen LogP) is 3.42. The van der Waals surface area contributed by atoms with Gasteiger partial charge in [-0.2, -0.15) is 5.26 Å². The minimum absolute atomic E-state index is 0.0119. The zero-order valence-corrected chi connectivity index (χ0v) is 15.0. The van der Waals surface area contributed by atoms with Crippen LogP contribution in [-0.4, -0.2) is 13.0 Å². The summed E-state index contributed by atoms with van der Waals surface area (Å²) in [5.74, 6) is -0.167. The zero-order valence-electron chi connectivity index (χ0n) is 15.0. The first-order chi connectivity index (χ1) is 13.1. The second kappa shape index (κ2) is 7.67. The minimum atomic E-state index is -0.691.